The molecule has 1 saturated carbocycles. The van der Waals surface area contributed by atoms with Gasteiger partial charge in [0, 0.05) is 6.04 Å². The monoisotopic (exact) mass is 237 g/mol. The molecule has 0 aliphatic heterocycles. The topological polar surface area (TPSA) is 12.0 Å². The predicted molar refractivity (Wildman–Crippen MR) is 59.3 cm³/mol. The fourth-order valence-electron chi connectivity index (χ4n) is 2.18. The van der Waals surface area contributed by atoms with Gasteiger partial charge >= 0.3 is 6.18 Å². The molecule has 3 atom stereocenters. The van der Waals surface area contributed by atoms with E-state index in [1.165, 1.54) is 0 Å². The quantitative estimate of drug-likeness (QED) is 0.785. The Morgan fingerprint density at radius 2 is 2.00 bits per heavy atom. The van der Waals surface area contributed by atoms with Crippen molar-refractivity contribution in [1.82, 2.24) is 5.32 Å². The summed E-state index contributed by atoms with van der Waals surface area (Å²) in [6.45, 7) is 5.06. The molecule has 96 valence electrons. The van der Waals surface area contributed by atoms with Crippen LogP contribution < -0.4 is 5.32 Å². The largest absolute Gasteiger partial charge is 0.391 e. The van der Waals surface area contributed by atoms with Crippen molar-refractivity contribution in [3.63, 3.8) is 0 Å². The molecule has 0 heterocycles. The summed E-state index contributed by atoms with van der Waals surface area (Å²) in [6.07, 6.45) is -0.768. The van der Waals surface area contributed by atoms with Gasteiger partial charge in [0.25, 0.3) is 0 Å². The number of rotatable bonds is 4. The smallest absolute Gasteiger partial charge is 0.314 e. The van der Waals surface area contributed by atoms with Crippen molar-refractivity contribution in [2.45, 2.75) is 58.2 Å². The molecule has 0 aromatic carbocycles. The lowest BCUT2D eigenvalue weighted by Crippen LogP contribution is -2.40. The molecule has 1 aliphatic rings. The van der Waals surface area contributed by atoms with Gasteiger partial charge in [-0.05, 0) is 31.7 Å². The Labute approximate surface area is 95.8 Å². The van der Waals surface area contributed by atoms with E-state index < -0.39 is 12.1 Å². The Bertz CT molecular complexity index is 203. The van der Waals surface area contributed by atoms with Crippen molar-refractivity contribution in [2.75, 3.05) is 6.54 Å². The Kier molecular flexibility index (Phi) is 5.09. The molecule has 1 rings (SSSR count). The second-order valence-corrected chi connectivity index (χ2v) is 5.02. The first-order chi connectivity index (χ1) is 7.43. The van der Waals surface area contributed by atoms with Crippen LogP contribution in [0.15, 0.2) is 0 Å². The molecule has 3 unspecified atom stereocenters. The van der Waals surface area contributed by atoms with Crippen molar-refractivity contribution < 1.29 is 13.2 Å². The maximum atomic E-state index is 12.6. The molecule has 1 nitrogen and oxygen atoms in total. The van der Waals surface area contributed by atoms with Gasteiger partial charge in [0.15, 0.2) is 0 Å². The first kappa shape index (κ1) is 13.8. The van der Waals surface area contributed by atoms with Crippen LogP contribution in [0, 0.1) is 11.8 Å². The number of nitrogens with one attached hydrogen (secondary N) is 1. The third kappa shape index (κ3) is 4.32. The van der Waals surface area contributed by atoms with Crippen molar-refractivity contribution in [3.05, 3.63) is 0 Å². The summed E-state index contributed by atoms with van der Waals surface area (Å²) in [4.78, 5) is 0. The first-order valence-corrected chi connectivity index (χ1v) is 6.23. The Morgan fingerprint density at radius 1 is 1.31 bits per heavy atom. The molecule has 0 saturated heterocycles. The fourth-order valence-corrected chi connectivity index (χ4v) is 2.18. The van der Waals surface area contributed by atoms with E-state index in [4.69, 9.17) is 0 Å². The Balaban J connectivity index is 2.33. The van der Waals surface area contributed by atoms with Gasteiger partial charge in [0.2, 0.25) is 0 Å². The normalized spacial score (nSPS) is 29.1. The van der Waals surface area contributed by atoms with Crippen molar-refractivity contribution in [1.29, 1.82) is 0 Å². The molecule has 0 aromatic rings. The third-order valence-electron chi connectivity index (χ3n) is 3.59. The minimum Gasteiger partial charge on any atom is -0.314 e. The summed E-state index contributed by atoms with van der Waals surface area (Å²) in [5.41, 5.74) is 0. The zero-order valence-electron chi connectivity index (χ0n) is 10.1. The van der Waals surface area contributed by atoms with Gasteiger partial charge < -0.3 is 5.32 Å². The highest BCUT2D eigenvalue weighted by Crippen LogP contribution is 2.37. The van der Waals surface area contributed by atoms with Crippen LogP contribution >= 0.6 is 0 Å². The molecular weight excluding hydrogens is 215 g/mol. The summed E-state index contributed by atoms with van der Waals surface area (Å²) >= 11 is 0. The van der Waals surface area contributed by atoms with Gasteiger partial charge in [0.05, 0.1) is 5.92 Å². The van der Waals surface area contributed by atoms with Crippen LogP contribution in [0.3, 0.4) is 0 Å². The number of hydrogen-bond donors (Lipinski definition) is 1. The average molecular weight is 237 g/mol. The Morgan fingerprint density at radius 3 is 2.56 bits per heavy atom. The van der Waals surface area contributed by atoms with Gasteiger partial charge in [-0.25, -0.2) is 0 Å². The molecule has 0 amide bonds. The molecule has 1 N–H and O–H groups in total. The molecule has 0 spiro atoms. The molecule has 1 aliphatic carbocycles. The molecule has 16 heavy (non-hydrogen) atoms. The van der Waals surface area contributed by atoms with Crippen LogP contribution in [0.4, 0.5) is 13.2 Å². The van der Waals surface area contributed by atoms with E-state index in [9.17, 15) is 13.2 Å². The second kappa shape index (κ2) is 5.89. The standard InChI is InChI=1S/C12H22F3N/c1-3-9(2)8-16-11-6-4-5-10(7-11)12(13,14)15/h9-11,16H,3-8H2,1-2H3. The lowest BCUT2D eigenvalue weighted by atomic mass is 9.85. The SMILES string of the molecule is CCC(C)CNC1CCCC(C(F)(F)F)C1. The van der Waals surface area contributed by atoms with Gasteiger partial charge in [0.1, 0.15) is 0 Å². The van der Waals surface area contributed by atoms with Gasteiger partial charge in [-0.2, -0.15) is 13.2 Å². The van der Waals surface area contributed by atoms with E-state index in [-0.39, 0.29) is 12.5 Å². The fraction of sp³-hybridized carbons (Fsp3) is 1.00. The molecule has 0 radical (unpaired) electrons. The minimum absolute atomic E-state index is 0.0642. The van der Waals surface area contributed by atoms with Crippen LogP contribution in [0.5, 0.6) is 0 Å². The van der Waals surface area contributed by atoms with Crippen LogP contribution in [0.25, 0.3) is 0 Å². The van der Waals surface area contributed by atoms with Crippen molar-refractivity contribution in [2.24, 2.45) is 11.8 Å². The van der Waals surface area contributed by atoms with E-state index in [1.54, 1.807) is 0 Å². The minimum atomic E-state index is -4.00. The summed E-state index contributed by atoms with van der Waals surface area (Å²) in [5, 5.41) is 3.27. The van der Waals surface area contributed by atoms with E-state index in [0.29, 0.717) is 18.8 Å². The molecule has 1 fully saturated rings. The van der Waals surface area contributed by atoms with E-state index in [1.807, 2.05) is 0 Å². The zero-order chi connectivity index (χ0) is 12.2. The van der Waals surface area contributed by atoms with E-state index in [0.717, 1.165) is 19.4 Å². The van der Waals surface area contributed by atoms with Gasteiger partial charge in [-0.1, -0.05) is 26.7 Å². The average Bonchev–Trinajstić information content (AvgIpc) is 2.25. The van der Waals surface area contributed by atoms with E-state index >= 15 is 0 Å². The maximum Gasteiger partial charge on any atom is 0.391 e. The number of hydrogen-bond acceptors (Lipinski definition) is 1. The van der Waals surface area contributed by atoms with Gasteiger partial charge in [-0.15, -0.1) is 0 Å². The highest BCUT2D eigenvalue weighted by molar-refractivity contribution is 4.82. The number of alkyl halides is 3. The summed E-state index contributed by atoms with van der Waals surface area (Å²) < 4.78 is 37.7. The molecule has 4 heteroatoms. The van der Waals surface area contributed by atoms with Crippen molar-refractivity contribution in [3.8, 4) is 0 Å². The highest BCUT2D eigenvalue weighted by Gasteiger charge is 2.41. The van der Waals surface area contributed by atoms with Crippen LogP contribution in [0.1, 0.15) is 46.0 Å². The summed E-state index contributed by atoms with van der Waals surface area (Å²) in [6, 6.07) is 0.0642. The Hall–Kier alpha value is -0.250. The molecule has 0 aromatic heterocycles. The molecule has 0 bridgehead atoms. The summed E-state index contributed by atoms with van der Waals surface area (Å²) in [7, 11) is 0. The van der Waals surface area contributed by atoms with Crippen LogP contribution in [-0.4, -0.2) is 18.8 Å². The predicted octanol–water partition coefficient (Wildman–Crippen LogP) is 3.74. The summed E-state index contributed by atoms with van der Waals surface area (Å²) in [5.74, 6) is -0.540. The lowest BCUT2D eigenvalue weighted by Gasteiger charge is -2.31. The second-order valence-electron chi connectivity index (χ2n) is 5.02. The van der Waals surface area contributed by atoms with Crippen molar-refractivity contribution >= 4 is 0 Å². The third-order valence-corrected chi connectivity index (χ3v) is 3.59. The van der Waals surface area contributed by atoms with E-state index in [2.05, 4.69) is 19.2 Å². The number of halogens is 3. The highest BCUT2D eigenvalue weighted by atomic mass is 19.4. The maximum absolute atomic E-state index is 12.6. The first-order valence-electron chi connectivity index (χ1n) is 6.23. The van der Waals surface area contributed by atoms with Gasteiger partial charge in [-0.3, -0.25) is 0 Å². The lowest BCUT2D eigenvalue weighted by molar-refractivity contribution is -0.183. The van der Waals surface area contributed by atoms with Crippen LogP contribution in [0.2, 0.25) is 0 Å². The zero-order valence-corrected chi connectivity index (χ0v) is 10.1. The van der Waals surface area contributed by atoms with Crippen LogP contribution in [-0.2, 0) is 0 Å². The molecular formula is C12H22F3N.